The summed E-state index contributed by atoms with van der Waals surface area (Å²) < 4.78 is 0. The molecule has 5 heteroatoms. The normalized spacial score (nSPS) is 16.1. The van der Waals surface area contributed by atoms with Crippen LogP contribution in [0.1, 0.15) is 116 Å². The highest BCUT2D eigenvalue weighted by atomic mass is 16.3. The second-order valence-electron chi connectivity index (χ2n) is 13.7. The van der Waals surface area contributed by atoms with E-state index in [1.54, 1.807) is 4.90 Å². The fourth-order valence-corrected chi connectivity index (χ4v) is 5.57. The predicted octanol–water partition coefficient (Wildman–Crippen LogP) is 7.49. The number of carbonyl (C=O) groups excluding carboxylic acids is 2. The third-order valence-electron chi connectivity index (χ3n) is 8.32. The number of anilines is 1. The Kier molecular flexibility index (Phi) is 9.24. The average Bonchev–Trinajstić information content (AvgIpc) is 3.36. The third-order valence-corrected chi connectivity index (χ3v) is 8.32. The van der Waals surface area contributed by atoms with Crippen LogP contribution < -0.4 is 10.2 Å². The lowest BCUT2D eigenvalue weighted by molar-refractivity contribution is -0.130. The van der Waals surface area contributed by atoms with Gasteiger partial charge in [-0.05, 0) is 79.2 Å². The van der Waals surface area contributed by atoms with E-state index in [2.05, 4.69) is 46.9 Å². The molecule has 1 atom stereocenters. The highest BCUT2D eigenvalue weighted by Gasteiger charge is 2.42. The van der Waals surface area contributed by atoms with Crippen molar-refractivity contribution in [3.05, 3.63) is 58.7 Å². The maximum Gasteiger partial charge on any atom is 0.246 e. The third kappa shape index (κ3) is 7.04. The lowest BCUT2D eigenvalue weighted by atomic mass is 9.78. The van der Waals surface area contributed by atoms with Gasteiger partial charge >= 0.3 is 0 Å². The predicted molar refractivity (Wildman–Crippen MR) is 162 cm³/mol. The fourth-order valence-electron chi connectivity index (χ4n) is 5.57. The van der Waals surface area contributed by atoms with Crippen LogP contribution in [0.4, 0.5) is 5.69 Å². The van der Waals surface area contributed by atoms with Crippen LogP contribution in [-0.2, 0) is 26.8 Å². The second kappa shape index (κ2) is 11.7. The van der Waals surface area contributed by atoms with Gasteiger partial charge in [0.1, 0.15) is 11.3 Å². The number of benzene rings is 2. The number of hydrogen-bond donors (Lipinski definition) is 2. The summed E-state index contributed by atoms with van der Waals surface area (Å²) in [5.74, 6) is 0.182. The van der Waals surface area contributed by atoms with Crippen molar-refractivity contribution in [2.45, 2.75) is 130 Å². The van der Waals surface area contributed by atoms with E-state index in [1.165, 1.54) is 0 Å². The molecule has 1 saturated carbocycles. The second-order valence-corrected chi connectivity index (χ2v) is 13.7. The van der Waals surface area contributed by atoms with Crippen molar-refractivity contribution in [2.24, 2.45) is 0 Å². The Labute approximate surface area is 236 Å². The van der Waals surface area contributed by atoms with Gasteiger partial charge in [0.05, 0.1) is 0 Å². The van der Waals surface area contributed by atoms with E-state index in [-0.39, 0.29) is 35.1 Å². The molecule has 2 N–H and O–H groups in total. The van der Waals surface area contributed by atoms with Crippen LogP contribution in [0.2, 0.25) is 0 Å². The first-order chi connectivity index (χ1) is 18.1. The van der Waals surface area contributed by atoms with Gasteiger partial charge in [0.15, 0.2) is 0 Å². The Morgan fingerprint density at radius 1 is 0.923 bits per heavy atom. The first-order valence-electron chi connectivity index (χ1n) is 14.7. The summed E-state index contributed by atoms with van der Waals surface area (Å²) >= 11 is 0. The summed E-state index contributed by atoms with van der Waals surface area (Å²) in [6.45, 7) is 18.5. The molecular weight excluding hydrogens is 484 g/mol. The largest absolute Gasteiger partial charge is 0.507 e. The summed E-state index contributed by atoms with van der Waals surface area (Å²) in [7, 11) is 0. The summed E-state index contributed by atoms with van der Waals surface area (Å²) in [4.78, 5) is 29.5. The molecule has 0 unspecified atom stereocenters. The highest BCUT2D eigenvalue weighted by Crippen LogP contribution is 2.40. The zero-order chi connectivity index (χ0) is 29.2. The van der Waals surface area contributed by atoms with Crippen molar-refractivity contribution in [1.82, 2.24) is 5.32 Å². The fraction of sp³-hybridized carbons (Fsp3) is 0.588. The molecule has 1 aliphatic rings. The Morgan fingerprint density at radius 3 is 1.90 bits per heavy atom. The van der Waals surface area contributed by atoms with Gasteiger partial charge in [-0.25, -0.2) is 0 Å². The number of aromatic hydroxyl groups is 1. The minimum Gasteiger partial charge on any atom is -0.507 e. The number of phenolic OH excluding ortho intramolecular Hbond substituents is 1. The quantitative estimate of drug-likeness (QED) is 0.369. The summed E-state index contributed by atoms with van der Waals surface area (Å²) in [5.41, 5.74) is 3.17. The van der Waals surface area contributed by atoms with Gasteiger partial charge in [-0.15, -0.1) is 0 Å². The minimum absolute atomic E-state index is 0.0764. The lowest BCUT2D eigenvalue weighted by Crippen LogP contribution is -2.60. The topological polar surface area (TPSA) is 69.6 Å². The van der Waals surface area contributed by atoms with Gasteiger partial charge in [-0.3, -0.25) is 14.5 Å². The Hall–Kier alpha value is -2.82. The van der Waals surface area contributed by atoms with Crippen LogP contribution in [0.25, 0.3) is 0 Å². The summed E-state index contributed by atoms with van der Waals surface area (Å²) in [6.07, 6.45) is 5.55. The van der Waals surface area contributed by atoms with E-state index in [0.29, 0.717) is 18.6 Å². The Balaban J connectivity index is 1.97. The summed E-state index contributed by atoms with van der Waals surface area (Å²) in [5, 5.41) is 14.4. The molecule has 0 aromatic heterocycles. The number of amides is 2. The molecule has 39 heavy (non-hydrogen) atoms. The van der Waals surface area contributed by atoms with Gasteiger partial charge in [0.25, 0.3) is 0 Å². The van der Waals surface area contributed by atoms with Crippen LogP contribution >= 0.6 is 0 Å². The molecule has 0 spiro atoms. The van der Waals surface area contributed by atoms with Crippen molar-refractivity contribution in [2.75, 3.05) is 4.90 Å². The van der Waals surface area contributed by atoms with Crippen molar-refractivity contribution >= 4 is 17.5 Å². The number of nitrogens with one attached hydrogen (secondary N) is 1. The molecule has 1 fully saturated rings. The first-order valence-corrected chi connectivity index (χ1v) is 14.7. The molecule has 0 bridgehead atoms. The van der Waals surface area contributed by atoms with Crippen molar-refractivity contribution in [1.29, 1.82) is 0 Å². The number of carbonyl (C=O) groups is 2. The first kappa shape index (κ1) is 30.7. The number of aryl methyl sites for hydroxylation is 2. The van der Waals surface area contributed by atoms with E-state index >= 15 is 0 Å². The van der Waals surface area contributed by atoms with Gasteiger partial charge in [0, 0.05) is 18.2 Å². The van der Waals surface area contributed by atoms with Crippen LogP contribution in [0.15, 0.2) is 36.4 Å². The molecular formula is C34H50N2O3. The molecule has 2 aromatic carbocycles. The number of hydrogen-bond acceptors (Lipinski definition) is 3. The zero-order valence-electron chi connectivity index (χ0n) is 25.7. The molecule has 0 aliphatic heterocycles. The zero-order valence-corrected chi connectivity index (χ0v) is 25.7. The van der Waals surface area contributed by atoms with Crippen LogP contribution in [0.5, 0.6) is 5.75 Å². The van der Waals surface area contributed by atoms with Crippen LogP contribution in [-0.4, -0.2) is 28.5 Å². The molecule has 1 aliphatic carbocycles. The van der Waals surface area contributed by atoms with Crippen LogP contribution in [0, 0.1) is 6.92 Å². The molecule has 0 saturated heterocycles. The van der Waals surface area contributed by atoms with E-state index in [1.807, 2.05) is 57.2 Å². The van der Waals surface area contributed by atoms with E-state index in [9.17, 15) is 14.7 Å². The smallest absolute Gasteiger partial charge is 0.246 e. The van der Waals surface area contributed by atoms with E-state index < -0.39 is 5.54 Å². The maximum absolute atomic E-state index is 14.1. The van der Waals surface area contributed by atoms with Gasteiger partial charge in [0.2, 0.25) is 11.8 Å². The number of nitrogens with zero attached hydrogens (tertiary/aromatic N) is 1. The summed E-state index contributed by atoms with van der Waals surface area (Å²) in [6, 6.07) is 12.1. The van der Waals surface area contributed by atoms with Crippen LogP contribution in [0.3, 0.4) is 0 Å². The Bertz CT molecular complexity index is 1130. The SMILES string of the molecule is CC[C@@](C)(C(=O)NC1CCCC1)N(C(=O)CCc1cc(C(C)(C)C)c(O)c(C(C)(C)C)c1)c1ccc(C)cc1. The number of phenols is 1. The standard InChI is InChI=1S/C34H50N2O3/c1-10-34(9,31(39)35-25-13-11-12-14-25)36(26-18-15-23(2)16-19-26)29(37)20-17-24-21-27(32(3,4)5)30(38)28(22-24)33(6,7)8/h15-16,18-19,21-22,25,38H,10-14,17,20H2,1-9H3,(H,35,39)/t34-/m0/s1. The molecule has 3 rings (SSSR count). The molecule has 2 aromatic rings. The minimum atomic E-state index is -1.00. The van der Waals surface area contributed by atoms with Gasteiger partial charge < -0.3 is 10.4 Å². The molecule has 0 heterocycles. The highest BCUT2D eigenvalue weighted by molar-refractivity contribution is 6.03. The molecule has 2 amide bonds. The van der Waals surface area contributed by atoms with Crippen molar-refractivity contribution < 1.29 is 14.7 Å². The average molecular weight is 535 g/mol. The lowest BCUT2D eigenvalue weighted by Gasteiger charge is -2.40. The molecule has 214 valence electrons. The maximum atomic E-state index is 14.1. The van der Waals surface area contributed by atoms with Crippen molar-refractivity contribution in [3.8, 4) is 5.75 Å². The van der Waals surface area contributed by atoms with Crippen molar-refractivity contribution in [3.63, 3.8) is 0 Å². The number of rotatable bonds is 8. The molecule has 0 radical (unpaired) electrons. The van der Waals surface area contributed by atoms with Gasteiger partial charge in [-0.2, -0.15) is 0 Å². The van der Waals surface area contributed by atoms with E-state index in [4.69, 9.17) is 0 Å². The monoisotopic (exact) mass is 534 g/mol. The van der Waals surface area contributed by atoms with Gasteiger partial charge in [-0.1, -0.05) is 91.1 Å². The Morgan fingerprint density at radius 2 is 1.44 bits per heavy atom. The van der Waals surface area contributed by atoms with E-state index in [0.717, 1.165) is 53.6 Å². The molecule has 5 nitrogen and oxygen atoms in total.